The van der Waals surface area contributed by atoms with Crippen molar-refractivity contribution in [2.24, 2.45) is 0 Å². The van der Waals surface area contributed by atoms with Crippen LogP contribution in [0.1, 0.15) is 23.8 Å². The smallest absolute Gasteiger partial charge is 0.224 e. The number of aromatic nitrogens is 1. The summed E-state index contributed by atoms with van der Waals surface area (Å²) in [6.45, 7) is 1.43. The van der Waals surface area contributed by atoms with Gasteiger partial charge in [0, 0.05) is 41.1 Å². The fourth-order valence-corrected chi connectivity index (χ4v) is 5.87. The standard InChI is InChI=1S/C27H26ClN3O2S/c1-33-20-9-11-23-22(17-20)26(21-10-8-19(28)16-24(21)30-23)29-13-5-14-31-25(32)12-15-34-27(31)18-6-3-2-4-7-18/h2-4,6-11,16-17,27H,5,12-15H2,1H3,(H,29,30). The largest absolute Gasteiger partial charge is 0.497 e. The summed E-state index contributed by atoms with van der Waals surface area (Å²) in [5.74, 6) is 1.88. The molecule has 0 bridgehead atoms. The number of hydrogen-bond acceptors (Lipinski definition) is 5. The number of anilines is 1. The summed E-state index contributed by atoms with van der Waals surface area (Å²) in [5, 5.41) is 6.38. The SMILES string of the molecule is COc1ccc2nc3cc(Cl)ccc3c(NCCCN3C(=O)CCSC3c3ccccc3)c2c1. The van der Waals surface area contributed by atoms with Crippen molar-refractivity contribution in [3.63, 3.8) is 0 Å². The maximum absolute atomic E-state index is 12.8. The second kappa shape index (κ2) is 10.1. The van der Waals surface area contributed by atoms with Gasteiger partial charge in [0.25, 0.3) is 0 Å². The van der Waals surface area contributed by atoms with E-state index in [2.05, 4.69) is 17.4 Å². The van der Waals surface area contributed by atoms with Crippen molar-refractivity contribution in [1.29, 1.82) is 0 Å². The Labute approximate surface area is 208 Å². The van der Waals surface area contributed by atoms with E-state index in [0.29, 0.717) is 18.0 Å². The number of hydrogen-bond donors (Lipinski definition) is 1. The highest BCUT2D eigenvalue weighted by molar-refractivity contribution is 7.99. The van der Waals surface area contributed by atoms with Gasteiger partial charge in [-0.2, -0.15) is 0 Å². The lowest BCUT2D eigenvalue weighted by molar-refractivity contribution is -0.132. The molecule has 174 valence electrons. The molecule has 0 saturated carbocycles. The summed E-state index contributed by atoms with van der Waals surface area (Å²) < 4.78 is 5.46. The molecule has 1 unspecified atom stereocenters. The maximum atomic E-state index is 12.8. The summed E-state index contributed by atoms with van der Waals surface area (Å²) in [4.78, 5) is 19.6. The van der Waals surface area contributed by atoms with Crippen molar-refractivity contribution >= 4 is 56.8 Å². The third-order valence-electron chi connectivity index (χ3n) is 6.10. The minimum absolute atomic E-state index is 0.0800. The number of benzene rings is 3. The number of nitrogens with zero attached hydrogens (tertiary/aromatic N) is 2. The second-order valence-electron chi connectivity index (χ2n) is 8.28. The zero-order chi connectivity index (χ0) is 23.5. The van der Waals surface area contributed by atoms with Gasteiger partial charge in [-0.3, -0.25) is 4.79 Å². The molecule has 1 atom stereocenters. The predicted octanol–water partition coefficient (Wildman–Crippen LogP) is 6.52. The van der Waals surface area contributed by atoms with Crippen LogP contribution in [-0.4, -0.2) is 41.7 Å². The molecule has 5 rings (SSSR count). The van der Waals surface area contributed by atoms with Gasteiger partial charge in [0.15, 0.2) is 0 Å². The van der Waals surface area contributed by atoms with Gasteiger partial charge < -0.3 is 15.0 Å². The highest BCUT2D eigenvalue weighted by Crippen LogP contribution is 2.37. The first-order valence-electron chi connectivity index (χ1n) is 11.4. The fourth-order valence-electron chi connectivity index (χ4n) is 4.43. The Balaban J connectivity index is 1.37. The number of rotatable bonds is 7. The minimum Gasteiger partial charge on any atom is -0.497 e. The molecule has 1 aromatic heterocycles. The Hall–Kier alpha value is -2.96. The Kier molecular flexibility index (Phi) is 6.79. The van der Waals surface area contributed by atoms with E-state index in [1.165, 1.54) is 5.56 Å². The number of nitrogens with one attached hydrogen (secondary N) is 1. The molecular formula is C27H26ClN3O2S. The van der Waals surface area contributed by atoms with Gasteiger partial charge in [-0.05, 0) is 48.4 Å². The molecule has 1 aliphatic heterocycles. The normalized spacial score (nSPS) is 16.2. The molecule has 34 heavy (non-hydrogen) atoms. The highest BCUT2D eigenvalue weighted by Gasteiger charge is 2.29. The number of amides is 1. The monoisotopic (exact) mass is 491 g/mol. The van der Waals surface area contributed by atoms with Crippen molar-refractivity contribution in [2.75, 3.05) is 31.3 Å². The van der Waals surface area contributed by atoms with E-state index in [4.69, 9.17) is 21.3 Å². The van der Waals surface area contributed by atoms with E-state index in [-0.39, 0.29) is 11.3 Å². The molecule has 0 spiro atoms. The lowest BCUT2D eigenvalue weighted by Crippen LogP contribution is -2.38. The molecule has 1 N–H and O–H groups in total. The van der Waals surface area contributed by atoms with Crippen LogP contribution in [0.2, 0.25) is 5.02 Å². The topological polar surface area (TPSA) is 54.5 Å². The minimum atomic E-state index is 0.0800. The number of carbonyl (C=O) groups excluding carboxylic acids is 1. The van der Waals surface area contributed by atoms with Gasteiger partial charge in [0.05, 0.1) is 23.8 Å². The summed E-state index contributed by atoms with van der Waals surface area (Å²) in [6.07, 6.45) is 1.43. The Morgan fingerprint density at radius 2 is 1.94 bits per heavy atom. The molecule has 3 aromatic carbocycles. The maximum Gasteiger partial charge on any atom is 0.224 e. The van der Waals surface area contributed by atoms with Crippen LogP contribution in [0.15, 0.2) is 66.7 Å². The summed E-state index contributed by atoms with van der Waals surface area (Å²) in [7, 11) is 1.67. The molecule has 2 heterocycles. The predicted molar refractivity (Wildman–Crippen MR) is 142 cm³/mol. The molecule has 1 fully saturated rings. The average molecular weight is 492 g/mol. The van der Waals surface area contributed by atoms with Crippen LogP contribution in [-0.2, 0) is 4.79 Å². The van der Waals surface area contributed by atoms with Crippen LogP contribution in [0, 0.1) is 0 Å². The third-order valence-corrected chi connectivity index (χ3v) is 7.62. The van der Waals surface area contributed by atoms with Crippen LogP contribution in [0.4, 0.5) is 5.69 Å². The van der Waals surface area contributed by atoms with Crippen molar-refractivity contribution in [2.45, 2.75) is 18.2 Å². The van der Waals surface area contributed by atoms with Crippen LogP contribution < -0.4 is 10.1 Å². The number of halogens is 1. The Bertz CT molecular complexity index is 1330. The number of ether oxygens (including phenoxy) is 1. The van der Waals surface area contributed by atoms with E-state index in [0.717, 1.165) is 52.0 Å². The number of carbonyl (C=O) groups is 1. The van der Waals surface area contributed by atoms with Crippen LogP contribution in [0.3, 0.4) is 0 Å². The molecule has 0 aliphatic carbocycles. The summed E-state index contributed by atoms with van der Waals surface area (Å²) in [5.41, 5.74) is 3.92. The first kappa shape index (κ1) is 22.8. The van der Waals surface area contributed by atoms with E-state index < -0.39 is 0 Å². The van der Waals surface area contributed by atoms with E-state index in [1.807, 2.05) is 71.3 Å². The molecule has 4 aromatic rings. The number of methoxy groups -OCH3 is 1. The molecular weight excluding hydrogens is 466 g/mol. The van der Waals surface area contributed by atoms with E-state index >= 15 is 0 Å². The second-order valence-corrected chi connectivity index (χ2v) is 9.91. The molecule has 1 saturated heterocycles. The van der Waals surface area contributed by atoms with E-state index in [1.54, 1.807) is 7.11 Å². The molecule has 5 nitrogen and oxygen atoms in total. The van der Waals surface area contributed by atoms with Gasteiger partial charge >= 0.3 is 0 Å². The fraction of sp³-hybridized carbons (Fsp3) is 0.259. The van der Waals surface area contributed by atoms with Crippen molar-refractivity contribution in [1.82, 2.24) is 9.88 Å². The van der Waals surface area contributed by atoms with Gasteiger partial charge in [-0.25, -0.2) is 4.98 Å². The van der Waals surface area contributed by atoms with Gasteiger partial charge in [0.1, 0.15) is 11.1 Å². The third kappa shape index (κ3) is 4.65. The number of thioether (sulfide) groups is 1. The number of pyridine rings is 1. The first-order valence-corrected chi connectivity index (χ1v) is 12.8. The Morgan fingerprint density at radius 3 is 2.76 bits per heavy atom. The first-order chi connectivity index (χ1) is 16.6. The molecule has 1 aliphatic rings. The summed E-state index contributed by atoms with van der Waals surface area (Å²) in [6, 6.07) is 22.0. The van der Waals surface area contributed by atoms with Gasteiger partial charge in [-0.15, -0.1) is 11.8 Å². The quantitative estimate of drug-likeness (QED) is 0.236. The van der Waals surface area contributed by atoms with Crippen LogP contribution >= 0.6 is 23.4 Å². The van der Waals surface area contributed by atoms with Crippen LogP contribution in [0.5, 0.6) is 5.75 Å². The zero-order valence-electron chi connectivity index (χ0n) is 19.0. The van der Waals surface area contributed by atoms with Gasteiger partial charge in [-0.1, -0.05) is 41.9 Å². The van der Waals surface area contributed by atoms with E-state index in [9.17, 15) is 4.79 Å². The lowest BCUT2D eigenvalue weighted by Gasteiger charge is -2.35. The molecule has 7 heteroatoms. The Morgan fingerprint density at radius 1 is 1.09 bits per heavy atom. The highest BCUT2D eigenvalue weighted by atomic mass is 35.5. The van der Waals surface area contributed by atoms with Crippen molar-refractivity contribution < 1.29 is 9.53 Å². The molecule has 1 amide bonds. The number of fused-ring (bicyclic) bond motifs is 2. The zero-order valence-corrected chi connectivity index (χ0v) is 20.5. The lowest BCUT2D eigenvalue weighted by atomic mass is 10.1. The average Bonchev–Trinajstić information content (AvgIpc) is 2.86. The van der Waals surface area contributed by atoms with Crippen molar-refractivity contribution in [3.8, 4) is 5.75 Å². The molecule has 0 radical (unpaired) electrons. The summed E-state index contributed by atoms with van der Waals surface area (Å²) >= 11 is 8.08. The van der Waals surface area contributed by atoms with Gasteiger partial charge in [0.2, 0.25) is 5.91 Å². The van der Waals surface area contributed by atoms with Crippen LogP contribution in [0.25, 0.3) is 21.8 Å². The van der Waals surface area contributed by atoms with Crippen molar-refractivity contribution in [3.05, 3.63) is 77.3 Å².